The van der Waals surface area contributed by atoms with E-state index in [0.717, 1.165) is 45.2 Å². The number of aliphatic carboxylic acids is 1. The van der Waals surface area contributed by atoms with E-state index in [9.17, 15) is 9.59 Å². The third kappa shape index (κ3) is 5.50. The molecule has 1 saturated heterocycles. The number of rotatable bonds is 7. The zero-order valence-electron chi connectivity index (χ0n) is 12.3. The van der Waals surface area contributed by atoms with E-state index < -0.39 is 5.97 Å². The maximum Gasteiger partial charge on any atom is 0.303 e. The molecule has 0 atom stereocenters. The van der Waals surface area contributed by atoms with Crippen LogP contribution in [0.4, 0.5) is 0 Å². The minimum absolute atomic E-state index is 0.249. The molecule has 4 nitrogen and oxygen atoms in total. The largest absolute Gasteiger partial charge is 0.481 e. The summed E-state index contributed by atoms with van der Waals surface area (Å²) in [6, 6.07) is 4.16. The average molecular weight is 309 g/mol. The molecule has 1 fully saturated rings. The van der Waals surface area contributed by atoms with Gasteiger partial charge in [0.2, 0.25) is 5.91 Å². The Hall–Kier alpha value is -1.36. The van der Waals surface area contributed by atoms with E-state index in [4.69, 9.17) is 5.11 Å². The van der Waals surface area contributed by atoms with E-state index in [1.54, 1.807) is 11.3 Å². The van der Waals surface area contributed by atoms with Crippen molar-refractivity contribution in [2.45, 2.75) is 44.9 Å². The van der Waals surface area contributed by atoms with Gasteiger partial charge in [-0.15, -0.1) is 11.3 Å². The molecule has 5 heteroatoms. The highest BCUT2D eigenvalue weighted by Crippen LogP contribution is 2.22. The molecule has 0 saturated carbocycles. The van der Waals surface area contributed by atoms with Gasteiger partial charge in [-0.25, -0.2) is 0 Å². The molecule has 0 unspecified atom stereocenters. The number of amides is 1. The highest BCUT2D eigenvalue weighted by molar-refractivity contribution is 7.09. The summed E-state index contributed by atoms with van der Waals surface area (Å²) in [7, 11) is 0. The van der Waals surface area contributed by atoms with Crippen molar-refractivity contribution in [3.63, 3.8) is 0 Å². The van der Waals surface area contributed by atoms with Crippen LogP contribution in [0.1, 0.15) is 43.4 Å². The number of thiophene rings is 1. The molecule has 1 aromatic heterocycles. The van der Waals surface area contributed by atoms with Crippen molar-refractivity contribution in [3.8, 4) is 0 Å². The van der Waals surface area contributed by atoms with Gasteiger partial charge >= 0.3 is 5.97 Å². The number of carboxylic acid groups (broad SMARTS) is 1. The molecule has 0 bridgehead atoms. The number of carbonyl (C=O) groups is 2. The molecule has 1 aromatic rings. The average Bonchev–Trinajstić information content (AvgIpc) is 2.99. The van der Waals surface area contributed by atoms with E-state index in [1.165, 1.54) is 4.88 Å². The lowest BCUT2D eigenvalue weighted by Gasteiger charge is -2.32. The number of aryl methyl sites for hydroxylation is 1. The van der Waals surface area contributed by atoms with Crippen molar-refractivity contribution >= 4 is 23.2 Å². The molecule has 116 valence electrons. The molecule has 1 amide bonds. The second-order valence-electron chi connectivity index (χ2n) is 5.69. The van der Waals surface area contributed by atoms with Crippen molar-refractivity contribution in [1.29, 1.82) is 0 Å². The van der Waals surface area contributed by atoms with Gasteiger partial charge in [0.15, 0.2) is 0 Å². The Labute approximate surface area is 129 Å². The zero-order valence-corrected chi connectivity index (χ0v) is 13.1. The summed E-state index contributed by atoms with van der Waals surface area (Å²) in [6.45, 7) is 1.59. The lowest BCUT2D eigenvalue weighted by atomic mass is 9.92. The van der Waals surface area contributed by atoms with Gasteiger partial charge in [0.1, 0.15) is 0 Å². The number of hydrogen-bond acceptors (Lipinski definition) is 3. The smallest absolute Gasteiger partial charge is 0.303 e. The first kappa shape index (κ1) is 16.0. The fraction of sp³-hybridized carbons (Fsp3) is 0.625. The molecular weight excluding hydrogens is 286 g/mol. The van der Waals surface area contributed by atoms with Crippen LogP contribution in [0.15, 0.2) is 17.5 Å². The molecule has 1 aliphatic rings. The maximum absolute atomic E-state index is 12.1. The molecule has 0 spiro atoms. The van der Waals surface area contributed by atoms with Crippen LogP contribution in [-0.2, 0) is 16.0 Å². The van der Waals surface area contributed by atoms with Gasteiger partial charge in [-0.3, -0.25) is 9.59 Å². The van der Waals surface area contributed by atoms with Gasteiger partial charge in [-0.1, -0.05) is 6.07 Å². The number of hydrogen-bond donors (Lipinski definition) is 1. The van der Waals surface area contributed by atoms with Gasteiger partial charge in [-0.2, -0.15) is 0 Å². The first-order valence-electron chi connectivity index (χ1n) is 7.67. The van der Waals surface area contributed by atoms with Gasteiger partial charge < -0.3 is 10.0 Å². The standard InChI is InChI=1S/C16H23NO3S/c18-15(5-1-3-14-4-2-12-21-14)17-10-8-13(9-11-17)6-7-16(19)20/h2,4,12-13H,1,3,5-11H2,(H,19,20). The zero-order chi connectivity index (χ0) is 15.1. The maximum atomic E-state index is 12.1. The number of nitrogens with zero attached hydrogens (tertiary/aromatic N) is 1. The Morgan fingerprint density at radius 1 is 1.29 bits per heavy atom. The summed E-state index contributed by atoms with van der Waals surface area (Å²) in [4.78, 5) is 26.0. The molecule has 2 heterocycles. The molecule has 0 radical (unpaired) electrons. The Kier molecular flexibility index (Phi) is 6.23. The first-order valence-corrected chi connectivity index (χ1v) is 8.55. The van der Waals surface area contributed by atoms with E-state index >= 15 is 0 Å². The van der Waals surface area contributed by atoms with Gasteiger partial charge in [0.25, 0.3) is 0 Å². The van der Waals surface area contributed by atoms with Crippen LogP contribution in [-0.4, -0.2) is 35.0 Å². The van der Waals surface area contributed by atoms with E-state index in [0.29, 0.717) is 12.3 Å². The van der Waals surface area contributed by atoms with Crippen LogP contribution in [0.3, 0.4) is 0 Å². The van der Waals surface area contributed by atoms with E-state index in [1.807, 2.05) is 11.0 Å². The Morgan fingerprint density at radius 2 is 2.05 bits per heavy atom. The second-order valence-corrected chi connectivity index (χ2v) is 6.72. The number of piperidine rings is 1. The Bertz CT molecular complexity index is 450. The Balaban J connectivity index is 1.62. The van der Waals surface area contributed by atoms with Gasteiger partial charge in [0.05, 0.1) is 0 Å². The van der Waals surface area contributed by atoms with Crippen LogP contribution in [0.5, 0.6) is 0 Å². The van der Waals surface area contributed by atoms with Gasteiger partial charge in [0, 0.05) is 30.8 Å². The lowest BCUT2D eigenvalue weighted by molar-refractivity contribution is -0.138. The third-order valence-electron chi connectivity index (χ3n) is 4.13. The van der Waals surface area contributed by atoms with Crippen LogP contribution >= 0.6 is 11.3 Å². The predicted molar refractivity (Wildman–Crippen MR) is 83.4 cm³/mol. The van der Waals surface area contributed by atoms with Crippen molar-refractivity contribution in [1.82, 2.24) is 4.90 Å². The monoisotopic (exact) mass is 309 g/mol. The summed E-state index contributed by atoms with van der Waals surface area (Å²) in [5, 5.41) is 10.8. The van der Waals surface area contributed by atoms with Crippen LogP contribution in [0.2, 0.25) is 0 Å². The molecule has 1 N–H and O–H groups in total. The second kappa shape index (κ2) is 8.17. The minimum atomic E-state index is -0.720. The normalized spacial score (nSPS) is 16.1. The minimum Gasteiger partial charge on any atom is -0.481 e. The third-order valence-corrected chi connectivity index (χ3v) is 5.06. The highest BCUT2D eigenvalue weighted by atomic mass is 32.1. The van der Waals surface area contributed by atoms with Crippen molar-refractivity contribution in [2.24, 2.45) is 5.92 Å². The first-order chi connectivity index (χ1) is 10.1. The number of carbonyl (C=O) groups excluding carboxylic acids is 1. The number of likely N-dealkylation sites (tertiary alicyclic amines) is 1. The highest BCUT2D eigenvalue weighted by Gasteiger charge is 2.22. The summed E-state index contributed by atoms with van der Waals surface area (Å²) in [5.74, 6) is 0.00147. The molecule has 1 aliphatic heterocycles. The molecular formula is C16H23NO3S. The summed E-state index contributed by atoms with van der Waals surface area (Å²) in [6.07, 6.45) is 5.41. The predicted octanol–water partition coefficient (Wildman–Crippen LogP) is 3.17. The molecule has 0 aliphatic carbocycles. The molecule has 21 heavy (non-hydrogen) atoms. The lowest BCUT2D eigenvalue weighted by Crippen LogP contribution is -2.38. The summed E-state index contributed by atoms with van der Waals surface area (Å²) in [5.41, 5.74) is 0. The fourth-order valence-electron chi connectivity index (χ4n) is 2.83. The van der Waals surface area contributed by atoms with Crippen molar-refractivity contribution in [2.75, 3.05) is 13.1 Å². The number of carboxylic acids is 1. The quantitative estimate of drug-likeness (QED) is 0.841. The van der Waals surface area contributed by atoms with Crippen LogP contribution in [0, 0.1) is 5.92 Å². The summed E-state index contributed by atoms with van der Waals surface area (Å²) < 4.78 is 0. The van der Waals surface area contributed by atoms with E-state index in [-0.39, 0.29) is 12.3 Å². The van der Waals surface area contributed by atoms with Crippen LogP contribution < -0.4 is 0 Å². The summed E-state index contributed by atoms with van der Waals surface area (Å²) >= 11 is 1.75. The van der Waals surface area contributed by atoms with E-state index in [2.05, 4.69) is 11.4 Å². The SMILES string of the molecule is O=C(O)CCC1CCN(C(=O)CCCc2cccs2)CC1. The Morgan fingerprint density at radius 3 is 2.67 bits per heavy atom. The molecule has 2 rings (SSSR count). The topological polar surface area (TPSA) is 57.6 Å². The van der Waals surface area contributed by atoms with Crippen LogP contribution in [0.25, 0.3) is 0 Å². The van der Waals surface area contributed by atoms with Crippen molar-refractivity contribution < 1.29 is 14.7 Å². The fourth-order valence-corrected chi connectivity index (χ4v) is 3.58. The van der Waals surface area contributed by atoms with Crippen molar-refractivity contribution in [3.05, 3.63) is 22.4 Å². The molecule has 0 aromatic carbocycles. The van der Waals surface area contributed by atoms with Gasteiger partial charge in [-0.05, 0) is 49.5 Å².